The molecule has 0 saturated carbocycles. The Labute approximate surface area is 165 Å². The molecule has 0 aliphatic carbocycles. The van der Waals surface area contributed by atoms with Crippen LogP contribution in [0.15, 0.2) is 32.4 Å². The standard InChI is InChI=1S/C19H20N4O6/c1-4-20-19(26)17-16(15-5-10(8-21-27)22-28-15)18(29-23-17)12-6-11(9(2)3)13(24)7-14(12)25/h5-7,9,24-25H,4,8H2,1-3H3,(H,20,26). The van der Waals surface area contributed by atoms with Crippen LogP contribution in [0.5, 0.6) is 11.5 Å². The second-order valence-electron chi connectivity index (χ2n) is 6.65. The lowest BCUT2D eigenvalue weighted by atomic mass is 9.95. The van der Waals surface area contributed by atoms with Crippen LogP contribution in [0, 0.1) is 4.91 Å². The highest BCUT2D eigenvalue weighted by Gasteiger charge is 2.29. The third kappa shape index (κ3) is 3.82. The number of nitroso groups, excluding NO2 is 1. The van der Waals surface area contributed by atoms with Crippen molar-refractivity contribution in [2.75, 3.05) is 6.54 Å². The highest BCUT2D eigenvalue weighted by molar-refractivity contribution is 6.01. The Bertz CT molecular complexity index is 1050. The molecule has 0 radical (unpaired) electrons. The Hall–Kier alpha value is -3.69. The zero-order valence-corrected chi connectivity index (χ0v) is 16.1. The number of benzene rings is 1. The minimum atomic E-state index is -0.508. The van der Waals surface area contributed by atoms with Gasteiger partial charge in [-0.1, -0.05) is 29.3 Å². The van der Waals surface area contributed by atoms with Gasteiger partial charge in [0.15, 0.2) is 17.2 Å². The number of nitrogens with zero attached hydrogens (tertiary/aromatic N) is 3. The molecule has 3 aromatic rings. The van der Waals surface area contributed by atoms with E-state index in [1.807, 2.05) is 13.8 Å². The Morgan fingerprint density at radius 2 is 1.93 bits per heavy atom. The van der Waals surface area contributed by atoms with E-state index in [1.54, 1.807) is 13.0 Å². The molecule has 152 valence electrons. The van der Waals surface area contributed by atoms with Gasteiger partial charge in [-0.3, -0.25) is 4.79 Å². The first-order chi connectivity index (χ1) is 13.9. The normalized spacial score (nSPS) is 11.0. The van der Waals surface area contributed by atoms with Gasteiger partial charge in [-0.2, -0.15) is 4.91 Å². The lowest BCUT2D eigenvalue weighted by Crippen LogP contribution is -2.23. The van der Waals surface area contributed by atoms with E-state index in [1.165, 1.54) is 12.1 Å². The Morgan fingerprint density at radius 1 is 1.17 bits per heavy atom. The van der Waals surface area contributed by atoms with E-state index in [0.29, 0.717) is 12.1 Å². The molecule has 3 N–H and O–H groups in total. The highest BCUT2D eigenvalue weighted by Crippen LogP contribution is 2.43. The number of rotatable bonds is 7. The summed E-state index contributed by atoms with van der Waals surface area (Å²) < 4.78 is 10.7. The zero-order chi connectivity index (χ0) is 21.1. The Kier molecular flexibility index (Phi) is 5.62. The molecular formula is C19H20N4O6. The number of carbonyl (C=O) groups excluding carboxylic acids is 1. The monoisotopic (exact) mass is 400 g/mol. The smallest absolute Gasteiger partial charge is 0.274 e. The lowest BCUT2D eigenvalue weighted by Gasteiger charge is -2.11. The fourth-order valence-electron chi connectivity index (χ4n) is 2.91. The first kappa shape index (κ1) is 20.1. The number of carbonyl (C=O) groups is 1. The molecule has 0 bridgehead atoms. The van der Waals surface area contributed by atoms with Gasteiger partial charge in [-0.25, -0.2) is 0 Å². The van der Waals surface area contributed by atoms with Crippen molar-refractivity contribution in [2.45, 2.75) is 33.2 Å². The number of phenols is 2. The molecule has 0 fully saturated rings. The summed E-state index contributed by atoms with van der Waals surface area (Å²) in [6.45, 7) is 5.67. The lowest BCUT2D eigenvalue weighted by molar-refractivity contribution is 0.0947. The van der Waals surface area contributed by atoms with Crippen LogP contribution in [0.3, 0.4) is 0 Å². The molecule has 0 aliphatic rings. The summed E-state index contributed by atoms with van der Waals surface area (Å²) in [5.74, 6) is -0.691. The minimum Gasteiger partial charge on any atom is -0.508 e. The number of aromatic nitrogens is 2. The minimum absolute atomic E-state index is 0.0425. The van der Waals surface area contributed by atoms with Crippen molar-refractivity contribution in [1.82, 2.24) is 15.6 Å². The third-order valence-corrected chi connectivity index (χ3v) is 4.29. The van der Waals surface area contributed by atoms with Gasteiger partial charge in [-0.15, -0.1) is 0 Å². The molecule has 3 rings (SSSR count). The molecule has 0 unspecified atom stereocenters. The number of aromatic hydroxyl groups is 2. The summed E-state index contributed by atoms with van der Waals surface area (Å²) in [5, 5.41) is 33.5. The second kappa shape index (κ2) is 8.13. The molecule has 0 aliphatic heterocycles. The molecule has 1 amide bonds. The van der Waals surface area contributed by atoms with Gasteiger partial charge in [0, 0.05) is 18.7 Å². The van der Waals surface area contributed by atoms with E-state index in [4.69, 9.17) is 9.05 Å². The van der Waals surface area contributed by atoms with Crippen LogP contribution in [0.25, 0.3) is 22.6 Å². The number of hydrogen-bond acceptors (Lipinski definition) is 9. The van der Waals surface area contributed by atoms with Crippen LogP contribution in [-0.4, -0.2) is 33.0 Å². The van der Waals surface area contributed by atoms with E-state index in [0.717, 1.165) is 0 Å². The number of nitrogens with one attached hydrogen (secondary N) is 1. The maximum atomic E-state index is 12.5. The van der Waals surface area contributed by atoms with Gasteiger partial charge < -0.3 is 24.6 Å². The van der Waals surface area contributed by atoms with Gasteiger partial charge in [-0.05, 0) is 24.5 Å². The maximum absolute atomic E-state index is 12.5. The molecule has 10 heteroatoms. The molecule has 0 atom stereocenters. The largest absolute Gasteiger partial charge is 0.508 e. The van der Waals surface area contributed by atoms with Gasteiger partial charge in [0.25, 0.3) is 5.91 Å². The summed E-state index contributed by atoms with van der Waals surface area (Å²) in [7, 11) is 0. The number of amides is 1. The summed E-state index contributed by atoms with van der Waals surface area (Å²) in [6, 6.07) is 4.21. The molecule has 2 aromatic heterocycles. The summed E-state index contributed by atoms with van der Waals surface area (Å²) in [5.41, 5.74) is 1.15. The fourth-order valence-corrected chi connectivity index (χ4v) is 2.91. The van der Waals surface area contributed by atoms with Crippen molar-refractivity contribution in [3.8, 4) is 34.1 Å². The fraction of sp³-hybridized carbons (Fsp3) is 0.316. The summed E-state index contributed by atoms with van der Waals surface area (Å²) in [6.07, 6.45) is 0. The first-order valence-electron chi connectivity index (χ1n) is 8.96. The van der Waals surface area contributed by atoms with Crippen LogP contribution in [-0.2, 0) is 6.54 Å². The van der Waals surface area contributed by atoms with Crippen molar-refractivity contribution >= 4 is 5.91 Å². The van der Waals surface area contributed by atoms with Crippen LogP contribution in [0.4, 0.5) is 0 Å². The third-order valence-electron chi connectivity index (χ3n) is 4.29. The van der Waals surface area contributed by atoms with Gasteiger partial charge >= 0.3 is 0 Å². The number of phenolic OH excluding ortho intramolecular Hbond substituents is 2. The van der Waals surface area contributed by atoms with E-state index < -0.39 is 5.91 Å². The van der Waals surface area contributed by atoms with Crippen molar-refractivity contribution in [2.24, 2.45) is 5.18 Å². The van der Waals surface area contributed by atoms with E-state index in [2.05, 4.69) is 20.8 Å². The summed E-state index contributed by atoms with van der Waals surface area (Å²) >= 11 is 0. The molecule has 2 heterocycles. The quantitative estimate of drug-likeness (QED) is 0.509. The SMILES string of the molecule is CCNC(=O)c1noc(-c2cc(C(C)C)c(O)cc2O)c1-c1cc(CN=O)no1. The molecular weight excluding hydrogens is 380 g/mol. The van der Waals surface area contributed by atoms with Crippen molar-refractivity contribution in [1.29, 1.82) is 0 Å². The van der Waals surface area contributed by atoms with Crippen LogP contribution in [0.2, 0.25) is 0 Å². The van der Waals surface area contributed by atoms with Crippen LogP contribution < -0.4 is 5.32 Å². The second-order valence-corrected chi connectivity index (χ2v) is 6.65. The van der Waals surface area contributed by atoms with Crippen LogP contribution in [0.1, 0.15) is 48.4 Å². The molecule has 0 saturated heterocycles. The maximum Gasteiger partial charge on any atom is 0.274 e. The predicted octanol–water partition coefficient (Wildman–Crippen LogP) is 3.55. The molecule has 29 heavy (non-hydrogen) atoms. The van der Waals surface area contributed by atoms with Gasteiger partial charge in [0.1, 0.15) is 29.3 Å². The number of hydrogen-bond donors (Lipinski definition) is 3. The van der Waals surface area contributed by atoms with Crippen molar-refractivity contribution in [3.63, 3.8) is 0 Å². The average molecular weight is 400 g/mol. The van der Waals surface area contributed by atoms with E-state index >= 15 is 0 Å². The van der Waals surface area contributed by atoms with E-state index in [-0.39, 0.29) is 58.0 Å². The predicted molar refractivity (Wildman–Crippen MR) is 102 cm³/mol. The van der Waals surface area contributed by atoms with Gasteiger partial charge in [0.2, 0.25) is 0 Å². The molecule has 0 spiro atoms. The first-order valence-corrected chi connectivity index (χ1v) is 8.96. The Morgan fingerprint density at radius 3 is 2.59 bits per heavy atom. The Balaban J connectivity index is 2.23. The topological polar surface area (TPSA) is 151 Å². The summed E-state index contributed by atoms with van der Waals surface area (Å²) in [4.78, 5) is 23.0. The van der Waals surface area contributed by atoms with Crippen LogP contribution >= 0.6 is 0 Å². The van der Waals surface area contributed by atoms with Gasteiger partial charge in [0.05, 0.1) is 5.56 Å². The molecule has 10 nitrogen and oxygen atoms in total. The highest BCUT2D eigenvalue weighted by atomic mass is 16.5. The van der Waals surface area contributed by atoms with E-state index in [9.17, 15) is 19.9 Å². The molecule has 1 aromatic carbocycles. The average Bonchev–Trinajstić information content (AvgIpc) is 3.28. The van der Waals surface area contributed by atoms with Crippen molar-refractivity contribution in [3.05, 3.63) is 40.1 Å². The van der Waals surface area contributed by atoms with Crippen molar-refractivity contribution < 1.29 is 24.1 Å². The zero-order valence-electron chi connectivity index (χ0n) is 16.1.